The van der Waals surface area contributed by atoms with Crippen molar-refractivity contribution in [1.82, 2.24) is 9.47 Å². The first-order valence-corrected chi connectivity index (χ1v) is 10.7. The molecular formula is C25H21N3O7. The number of Topliss-reactive ketones (excluding diaryl/α,β-unsaturated/α-hetero) is 1. The number of ether oxygens (including phenoxy) is 1. The van der Waals surface area contributed by atoms with Gasteiger partial charge in [0.2, 0.25) is 5.78 Å². The van der Waals surface area contributed by atoms with Gasteiger partial charge in [0.25, 0.3) is 17.5 Å². The van der Waals surface area contributed by atoms with E-state index >= 15 is 0 Å². The van der Waals surface area contributed by atoms with Gasteiger partial charge in [0, 0.05) is 29.6 Å². The Kier molecular flexibility index (Phi) is 6.28. The van der Waals surface area contributed by atoms with Crippen LogP contribution in [0, 0.1) is 24.0 Å². The Bertz CT molecular complexity index is 1380. The van der Waals surface area contributed by atoms with Gasteiger partial charge in [-0.1, -0.05) is 36.4 Å². The van der Waals surface area contributed by atoms with E-state index in [0.29, 0.717) is 17.0 Å². The fourth-order valence-corrected chi connectivity index (χ4v) is 4.10. The number of hydrogen-bond acceptors (Lipinski definition) is 7. The highest BCUT2D eigenvalue weighted by molar-refractivity contribution is 6.24. The summed E-state index contributed by atoms with van der Waals surface area (Å²) in [5, 5.41) is 11.2. The second-order valence-corrected chi connectivity index (χ2v) is 8.09. The minimum Gasteiger partial charge on any atom is -0.456 e. The minimum atomic E-state index is -0.978. The predicted octanol–water partition coefficient (Wildman–Crippen LogP) is 3.08. The Hall–Kier alpha value is -4.60. The normalized spacial score (nSPS) is 12.6. The summed E-state index contributed by atoms with van der Waals surface area (Å²) in [4.78, 5) is 61.2. The van der Waals surface area contributed by atoms with Crippen LogP contribution in [0.3, 0.4) is 0 Å². The van der Waals surface area contributed by atoms with E-state index in [1.165, 1.54) is 12.1 Å². The summed E-state index contributed by atoms with van der Waals surface area (Å²) < 4.78 is 7.02. The predicted molar refractivity (Wildman–Crippen MR) is 123 cm³/mol. The number of rotatable bonds is 8. The van der Waals surface area contributed by atoms with Gasteiger partial charge in [-0.25, -0.2) is 0 Å². The SMILES string of the molecule is Cc1cc(C(=O)COC(=O)CN2C(=O)c3cccc([N+](=O)[O-])c3C2=O)c(C)n1Cc1ccccc1. The molecule has 0 saturated heterocycles. The lowest BCUT2D eigenvalue weighted by atomic mass is 10.1. The molecule has 1 aliphatic rings. The van der Waals surface area contributed by atoms with Gasteiger partial charge in [-0.3, -0.25) is 34.2 Å². The Labute approximate surface area is 199 Å². The maximum Gasteiger partial charge on any atom is 0.326 e. The lowest BCUT2D eigenvalue weighted by molar-refractivity contribution is -0.385. The highest BCUT2D eigenvalue weighted by atomic mass is 16.6. The number of aryl methyl sites for hydroxylation is 1. The second kappa shape index (κ2) is 9.34. The molecule has 3 aromatic rings. The fraction of sp³-hybridized carbons (Fsp3) is 0.200. The molecule has 0 bridgehead atoms. The average Bonchev–Trinajstić information content (AvgIpc) is 3.26. The number of imide groups is 1. The quantitative estimate of drug-likeness (QED) is 0.161. The first-order chi connectivity index (χ1) is 16.7. The zero-order valence-corrected chi connectivity index (χ0v) is 19.0. The van der Waals surface area contributed by atoms with E-state index in [0.717, 1.165) is 23.0 Å². The summed E-state index contributed by atoms with van der Waals surface area (Å²) in [5.74, 6) is -3.19. The van der Waals surface area contributed by atoms with Gasteiger partial charge in [0.1, 0.15) is 12.1 Å². The highest BCUT2D eigenvalue weighted by Gasteiger charge is 2.42. The smallest absolute Gasteiger partial charge is 0.326 e. The van der Waals surface area contributed by atoms with E-state index in [1.54, 1.807) is 13.0 Å². The van der Waals surface area contributed by atoms with Crippen molar-refractivity contribution in [2.45, 2.75) is 20.4 Å². The number of amides is 2. The van der Waals surface area contributed by atoms with Crippen LogP contribution in [0.5, 0.6) is 0 Å². The van der Waals surface area contributed by atoms with Crippen molar-refractivity contribution in [1.29, 1.82) is 0 Å². The van der Waals surface area contributed by atoms with E-state index in [1.807, 2.05) is 41.8 Å². The molecule has 1 aliphatic heterocycles. The van der Waals surface area contributed by atoms with E-state index in [-0.39, 0.29) is 11.1 Å². The first-order valence-electron chi connectivity index (χ1n) is 10.7. The van der Waals surface area contributed by atoms with Crippen molar-refractivity contribution in [3.63, 3.8) is 0 Å². The van der Waals surface area contributed by atoms with Crippen molar-refractivity contribution in [3.05, 3.63) is 98.4 Å². The number of ketones is 1. The van der Waals surface area contributed by atoms with Gasteiger partial charge in [-0.05, 0) is 31.5 Å². The molecule has 0 spiro atoms. The van der Waals surface area contributed by atoms with E-state index in [2.05, 4.69) is 0 Å². The van der Waals surface area contributed by atoms with Crippen molar-refractivity contribution in [2.75, 3.05) is 13.2 Å². The molecule has 35 heavy (non-hydrogen) atoms. The molecule has 0 N–H and O–H groups in total. The molecular weight excluding hydrogens is 454 g/mol. The Morgan fingerprint density at radius 2 is 1.71 bits per heavy atom. The Morgan fingerprint density at radius 1 is 1.00 bits per heavy atom. The van der Waals surface area contributed by atoms with Crippen LogP contribution in [0.1, 0.15) is 48.0 Å². The molecule has 2 heterocycles. The van der Waals surface area contributed by atoms with Crippen LogP contribution in [-0.4, -0.2) is 51.1 Å². The summed E-state index contributed by atoms with van der Waals surface area (Å²) >= 11 is 0. The van der Waals surface area contributed by atoms with E-state index in [4.69, 9.17) is 4.74 Å². The van der Waals surface area contributed by atoms with Gasteiger partial charge in [-0.2, -0.15) is 0 Å². The number of aromatic nitrogens is 1. The van der Waals surface area contributed by atoms with Crippen LogP contribution < -0.4 is 0 Å². The standard InChI is InChI=1S/C25H21N3O7/c1-15-11-19(16(2)26(15)12-17-7-4-3-5-8-17)21(29)14-35-22(30)13-27-24(31)18-9-6-10-20(28(33)34)23(18)25(27)32/h3-11H,12-14H2,1-2H3. The number of nitro benzene ring substituents is 1. The third-order valence-electron chi connectivity index (χ3n) is 5.88. The van der Waals surface area contributed by atoms with E-state index in [9.17, 15) is 29.3 Å². The van der Waals surface area contributed by atoms with Crippen molar-refractivity contribution in [2.24, 2.45) is 0 Å². The molecule has 2 aromatic carbocycles. The zero-order chi connectivity index (χ0) is 25.3. The maximum atomic E-state index is 12.7. The van der Waals surface area contributed by atoms with E-state index < -0.39 is 47.3 Å². The molecule has 0 radical (unpaired) electrons. The molecule has 10 heteroatoms. The molecule has 4 rings (SSSR count). The fourth-order valence-electron chi connectivity index (χ4n) is 4.10. The second-order valence-electron chi connectivity index (χ2n) is 8.09. The van der Waals surface area contributed by atoms with Crippen LogP contribution in [0.15, 0.2) is 54.6 Å². The third kappa shape index (κ3) is 4.45. The van der Waals surface area contributed by atoms with Crippen LogP contribution in [0.4, 0.5) is 5.69 Å². The molecule has 1 aromatic heterocycles. The van der Waals surface area contributed by atoms with Crippen molar-refractivity contribution in [3.8, 4) is 0 Å². The molecule has 10 nitrogen and oxygen atoms in total. The summed E-state index contributed by atoms with van der Waals surface area (Å²) in [6.45, 7) is 2.93. The zero-order valence-electron chi connectivity index (χ0n) is 19.0. The van der Waals surface area contributed by atoms with Gasteiger partial charge in [-0.15, -0.1) is 0 Å². The van der Waals surface area contributed by atoms with Gasteiger partial charge in [0.15, 0.2) is 6.61 Å². The van der Waals surface area contributed by atoms with Crippen molar-refractivity contribution < 1.29 is 28.8 Å². The van der Waals surface area contributed by atoms with Crippen molar-refractivity contribution >= 4 is 29.3 Å². The number of benzene rings is 2. The molecule has 178 valence electrons. The van der Waals surface area contributed by atoms with Crippen LogP contribution >= 0.6 is 0 Å². The lowest BCUT2D eigenvalue weighted by Crippen LogP contribution is -2.36. The highest BCUT2D eigenvalue weighted by Crippen LogP contribution is 2.30. The lowest BCUT2D eigenvalue weighted by Gasteiger charge is -2.13. The van der Waals surface area contributed by atoms with Gasteiger partial charge < -0.3 is 9.30 Å². The molecule has 2 amide bonds. The summed E-state index contributed by atoms with van der Waals surface area (Å²) in [5.41, 5.74) is 2.03. The first kappa shape index (κ1) is 23.6. The molecule has 0 aliphatic carbocycles. The number of hydrogen-bond donors (Lipinski definition) is 0. The topological polar surface area (TPSA) is 129 Å². The Balaban J connectivity index is 1.41. The molecule has 0 fully saturated rings. The van der Waals surface area contributed by atoms with Crippen LogP contribution in [0.2, 0.25) is 0 Å². The minimum absolute atomic E-state index is 0.154. The Morgan fingerprint density at radius 3 is 2.40 bits per heavy atom. The largest absolute Gasteiger partial charge is 0.456 e. The number of nitro groups is 1. The molecule has 0 unspecified atom stereocenters. The average molecular weight is 475 g/mol. The van der Waals surface area contributed by atoms with Crippen LogP contribution in [0.25, 0.3) is 0 Å². The monoisotopic (exact) mass is 475 g/mol. The molecule has 0 saturated carbocycles. The molecule has 0 atom stereocenters. The van der Waals surface area contributed by atoms with Gasteiger partial charge >= 0.3 is 5.97 Å². The summed E-state index contributed by atoms with van der Waals surface area (Å²) in [7, 11) is 0. The maximum absolute atomic E-state index is 12.7. The number of carbonyl (C=O) groups is 4. The van der Waals surface area contributed by atoms with Gasteiger partial charge in [0.05, 0.1) is 10.5 Å². The number of esters is 1. The number of nitrogens with zero attached hydrogens (tertiary/aromatic N) is 3. The number of carbonyl (C=O) groups excluding carboxylic acids is 4. The summed E-state index contributed by atoms with van der Waals surface area (Å²) in [6, 6.07) is 15.1. The van der Waals surface area contributed by atoms with Crippen LogP contribution in [-0.2, 0) is 16.1 Å². The third-order valence-corrected chi connectivity index (χ3v) is 5.88. The summed E-state index contributed by atoms with van der Waals surface area (Å²) in [6.07, 6.45) is 0. The number of fused-ring (bicyclic) bond motifs is 1.